The first-order valence-corrected chi connectivity index (χ1v) is 2.86. The Bertz CT molecular complexity index is 262. The first-order valence-electron chi connectivity index (χ1n) is 2.86. The van der Waals surface area contributed by atoms with Gasteiger partial charge >= 0.3 is 35.5 Å². The van der Waals surface area contributed by atoms with Crippen LogP contribution in [0.3, 0.4) is 0 Å². The number of carboxylic acids is 1. The molecule has 1 aromatic heterocycles. The molecule has 0 aliphatic carbocycles. The number of nitrogens with zero attached hydrogens (tertiary/aromatic N) is 1. The van der Waals surface area contributed by atoms with E-state index in [0.717, 1.165) is 0 Å². The Morgan fingerprint density at radius 3 is 2.64 bits per heavy atom. The zero-order valence-corrected chi connectivity index (χ0v) is 5.53. The number of carbonyl (C=O) groups is 1. The standard InChI is InChI=1S/C7H7NO2.Na.H/c1-5-6(7(9)10)3-2-4-8-5;;/h2-4H,1H3,(H,9,10);;. The van der Waals surface area contributed by atoms with Crippen molar-refractivity contribution in [3.63, 3.8) is 0 Å². The predicted octanol–water partition coefficient (Wildman–Crippen LogP) is 0.440. The molecule has 3 nitrogen and oxygen atoms in total. The van der Waals surface area contributed by atoms with E-state index in [-0.39, 0.29) is 35.1 Å². The third-order valence-corrected chi connectivity index (χ3v) is 1.24. The van der Waals surface area contributed by atoms with Gasteiger partial charge in [-0.15, -0.1) is 0 Å². The molecule has 4 heteroatoms. The average Bonchev–Trinajstić information content (AvgIpc) is 1.88. The predicted molar refractivity (Wildman–Crippen MR) is 43.1 cm³/mol. The van der Waals surface area contributed by atoms with Crippen molar-refractivity contribution in [2.75, 3.05) is 0 Å². The number of hydrogen-bond acceptors (Lipinski definition) is 2. The second-order valence-corrected chi connectivity index (χ2v) is 1.94. The average molecular weight is 161 g/mol. The molecule has 0 amide bonds. The molecule has 54 valence electrons. The van der Waals surface area contributed by atoms with Crippen molar-refractivity contribution < 1.29 is 9.90 Å². The summed E-state index contributed by atoms with van der Waals surface area (Å²) in [5.41, 5.74) is 0.817. The molecule has 1 rings (SSSR count). The van der Waals surface area contributed by atoms with Crippen LogP contribution < -0.4 is 0 Å². The summed E-state index contributed by atoms with van der Waals surface area (Å²) >= 11 is 0. The summed E-state index contributed by atoms with van der Waals surface area (Å²) < 4.78 is 0. The van der Waals surface area contributed by atoms with E-state index in [1.165, 1.54) is 6.07 Å². The molecule has 1 N–H and O–H groups in total. The summed E-state index contributed by atoms with van der Waals surface area (Å²) in [7, 11) is 0. The Kier molecular flexibility index (Phi) is 4.33. The number of pyridine rings is 1. The molecule has 0 saturated heterocycles. The van der Waals surface area contributed by atoms with Crippen LogP contribution in [0, 0.1) is 6.92 Å². The van der Waals surface area contributed by atoms with Crippen LogP contribution in [0.1, 0.15) is 16.1 Å². The van der Waals surface area contributed by atoms with Crippen molar-refractivity contribution in [1.82, 2.24) is 4.98 Å². The van der Waals surface area contributed by atoms with Crippen molar-refractivity contribution in [2.45, 2.75) is 6.92 Å². The van der Waals surface area contributed by atoms with E-state index in [9.17, 15) is 4.79 Å². The number of aromatic nitrogens is 1. The van der Waals surface area contributed by atoms with E-state index in [2.05, 4.69) is 4.98 Å². The van der Waals surface area contributed by atoms with Gasteiger partial charge in [-0.3, -0.25) is 4.98 Å². The van der Waals surface area contributed by atoms with Gasteiger partial charge in [0.05, 0.1) is 11.3 Å². The molecular formula is C7H8NNaO2. The molecule has 0 fully saturated rings. The maximum atomic E-state index is 10.4. The van der Waals surface area contributed by atoms with Crippen LogP contribution in [0.4, 0.5) is 0 Å². The molecular weight excluding hydrogens is 153 g/mol. The number of carboxylic acid groups (broad SMARTS) is 1. The van der Waals surface area contributed by atoms with Gasteiger partial charge in [-0.2, -0.15) is 0 Å². The molecule has 0 bridgehead atoms. The first-order chi connectivity index (χ1) is 4.72. The van der Waals surface area contributed by atoms with Gasteiger partial charge in [0.15, 0.2) is 0 Å². The zero-order valence-electron chi connectivity index (χ0n) is 5.53. The van der Waals surface area contributed by atoms with Crippen LogP contribution in [0.2, 0.25) is 0 Å². The Morgan fingerprint density at radius 2 is 2.27 bits per heavy atom. The van der Waals surface area contributed by atoms with Gasteiger partial charge in [-0.1, -0.05) is 0 Å². The maximum absolute atomic E-state index is 10.4. The van der Waals surface area contributed by atoms with E-state index >= 15 is 0 Å². The molecule has 0 aliphatic rings. The number of aromatic carboxylic acids is 1. The van der Waals surface area contributed by atoms with Crippen molar-refractivity contribution in [3.8, 4) is 0 Å². The van der Waals surface area contributed by atoms with E-state index < -0.39 is 5.97 Å². The van der Waals surface area contributed by atoms with Gasteiger partial charge in [-0.25, -0.2) is 4.79 Å². The second kappa shape index (κ2) is 4.49. The second-order valence-electron chi connectivity index (χ2n) is 1.94. The minimum atomic E-state index is -0.925. The Morgan fingerprint density at radius 1 is 1.64 bits per heavy atom. The van der Waals surface area contributed by atoms with Crippen molar-refractivity contribution >= 4 is 35.5 Å². The summed E-state index contributed by atoms with van der Waals surface area (Å²) in [6, 6.07) is 3.14. The van der Waals surface area contributed by atoms with Gasteiger partial charge in [-0.05, 0) is 19.1 Å². The molecule has 0 spiro atoms. The molecule has 0 radical (unpaired) electrons. The molecule has 11 heavy (non-hydrogen) atoms. The van der Waals surface area contributed by atoms with Crippen molar-refractivity contribution in [2.24, 2.45) is 0 Å². The molecule has 0 aromatic carbocycles. The van der Waals surface area contributed by atoms with Crippen LogP contribution in [0.15, 0.2) is 18.3 Å². The quantitative estimate of drug-likeness (QED) is 0.608. The Balaban J connectivity index is 0.000001000. The van der Waals surface area contributed by atoms with Gasteiger partial charge in [0.25, 0.3) is 0 Å². The molecule has 1 aromatic rings. The van der Waals surface area contributed by atoms with Gasteiger partial charge in [0, 0.05) is 6.20 Å². The van der Waals surface area contributed by atoms with E-state index in [1.807, 2.05) is 0 Å². The zero-order chi connectivity index (χ0) is 7.56. The number of rotatable bonds is 1. The summed E-state index contributed by atoms with van der Waals surface area (Å²) in [6.07, 6.45) is 1.57. The molecule has 1 heterocycles. The van der Waals surface area contributed by atoms with E-state index in [4.69, 9.17) is 5.11 Å². The van der Waals surface area contributed by atoms with Crippen LogP contribution in [-0.4, -0.2) is 45.6 Å². The first kappa shape index (κ1) is 10.6. The third kappa shape index (κ3) is 2.61. The summed E-state index contributed by atoms with van der Waals surface area (Å²) in [4.78, 5) is 14.2. The van der Waals surface area contributed by atoms with Crippen molar-refractivity contribution in [1.29, 1.82) is 0 Å². The monoisotopic (exact) mass is 161 g/mol. The van der Waals surface area contributed by atoms with Crippen LogP contribution in [-0.2, 0) is 0 Å². The SMILES string of the molecule is Cc1ncccc1C(=O)O.[NaH]. The Labute approximate surface area is 86.8 Å². The third-order valence-electron chi connectivity index (χ3n) is 1.24. The summed E-state index contributed by atoms with van der Waals surface area (Å²) in [6.45, 7) is 1.67. The van der Waals surface area contributed by atoms with Crippen LogP contribution in [0.5, 0.6) is 0 Å². The summed E-state index contributed by atoms with van der Waals surface area (Å²) in [5, 5.41) is 8.53. The van der Waals surface area contributed by atoms with Crippen LogP contribution >= 0.6 is 0 Å². The fraction of sp³-hybridized carbons (Fsp3) is 0.143. The van der Waals surface area contributed by atoms with Crippen molar-refractivity contribution in [3.05, 3.63) is 29.6 Å². The topological polar surface area (TPSA) is 50.2 Å². The normalized spacial score (nSPS) is 8.45. The molecule has 0 unspecified atom stereocenters. The molecule has 0 atom stereocenters. The van der Waals surface area contributed by atoms with Gasteiger partial charge in [0.1, 0.15) is 0 Å². The van der Waals surface area contributed by atoms with Gasteiger partial charge in [0.2, 0.25) is 0 Å². The van der Waals surface area contributed by atoms with Crippen LogP contribution in [0.25, 0.3) is 0 Å². The Hall–Kier alpha value is -0.380. The number of aryl methyl sites for hydroxylation is 1. The molecule has 0 saturated carbocycles. The van der Waals surface area contributed by atoms with E-state index in [1.54, 1.807) is 19.2 Å². The fourth-order valence-corrected chi connectivity index (χ4v) is 0.710. The molecule has 0 aliphatic heterocycles. The minimum absolute atomic E-state index is 0. The fourth-order valence-electron chi connectivity index (χ4n) is 0.710. The van der Waals surface area contributed by atoms with E-state index in [0.29, 0.717) is 5.69 Å². The number of hydrogen-bond donors (Lipinski definition) is 1. The summed E-state index contributed by atoms with van der Waals surface area (Å²) in [5.74, 6) is -0.925. The van der Waals surface area contributed by atoms with Gasteiger partial charge < -0.3 is 5.11 Å².